The van der Waals surface area contributed by atoms with Crippen molar-refractivity contribution in [3.63, 3.8) is 0 Å². The second-order valence-corrected chi connectivity index (χ2v) is 13.7. The van der Waals surface area contributed by atoms with E-state index in [0.717, 1.165) is 16.7 Å². The van der Waals surface area contributed by atoms with Gasteiger partial charge in [-0.1, -0.05) is 80.6 Å². The van der Waals surface area contributed by atoms with Gasteiger partial charge < -0.3 is 28.7 Å². The summed E-state index contributed by atoms with van der Waals surface area (Å²) < 4.78 is 43.1. The molecule has 0 bridgehead atoms. The topological polar surface area (TPSA) is 179 Å². The van der Waals surface area contributed by atoms with Gasteiger partial charge in [0.1, 0.15) is 29.3 Å². The van der Waals surface area contributed by atoms with Crippen LogP contribution in [0.25, 0.3) is 11.2 Å². The van der Waals surface area contributed by atoms with Crippen LogP contribution in [0.15, 0.2) is 88.6 Å². The molecule has 1 aliphatic heterocycles. The first kappa shape index (κ1) is 42.1. The first-order valence-corrected chi connectivity index (χ1v) is 19.4. The Labute approximate surface area is 327 Å². The fourth-order valence-corrected chi connectivity index (χ4v) is 6.89. The van der Waals surface area contributed by atoms with Crippen LogP contribution in [0.3, 0.4) is 0 Å². The standard InChI is InChI=1S/C33H34N7O8P.C6H15N/c1-39(2)20-34-32-35-30-29(31(41)36-32)37-38-40(30)28-18-26(48-49(42)43)27(47-28)19-46-33(21-8-6-5-7-9-21,22-10-14-24(44-3)15-11-22)23-12-16-25(45-4)17-13-23;1-4-7(5-2)6-3/h5-17,20,26-28H,18-19H2,1-4H3,(H-,35,36,38,41,42,43);4-6H2,1-3H3/p+1/b34-20+;/t26-,27+,28+;/m0./s1. The summed E-state index contributed by atoms with van der Waals surface area (Å²) in [7, 11) is 3.75. The molecule has 5 aromatic rings. The number of nitrogens with one attached hydrogen (secondary N) is 1. The van der Waals surface area contributed by atoms with E-state index in [0.29, 0.717) is 11.5 Å². The molecule has 0 saturated carbocycles. The Morgan fingerprint density at radius 2 is 1.52 bits per heavy atom. The molecule has 2 aromatic heterocycles. The van der Waals surface area contributed by atoms with E-state index in [1.165, 1.54) is 30.7 Å². The van der Waals surface area contributed by atoms with Crippen LogP contribution in [0.5, 0.6) is 11.5 Å². The largest absolute Gasteiger partial charge is 0.695 e. The normalized spacial score (nSPS) is 17.2. The molecular formula is C39H50N8O8P+. The van der Waals surface area contributed by atoms with Crippen molar-refractivity contribution in [2.45, 2.75) is 51.2 Å². The van der Waals surface area contributed by atoms with E-state index in [-0.39, 0.29) is 30.1 Å². The maximum Gasteiger partial charge on any atom is 0.695 e. The number of fused-ring (bicyclic) bond motifs is 1. The lowest BCUT2D eigenvalue weighted by atomic mass is 9.80. The van der Waals surface area contributed by atoms with Crippen molar-refractivity contribution in [3.05, 3.63) is 106 Å². The van der Waals surface area contributed by atoms with Gasteiger partial charge in [-0.25, -0.2) is 4.99 Å². The molecular weight excluding hydrogens is 739 g/mol. The maximum atomic E-state index is 12.8. The third-order valence-corrected chi connectivity index (χ3v) is 9.84. The van der Waals surface area contributed by atoms with Gasteiger partial charge in [0, 0.05) is 25.1 Å². The third kappa shape index (κ3) is 9.82. The predicted molar refractivity (Wildman–Crippen MR) is 213 cm³/mol. The zero-order valence-corrected chi connectivity index (χ0v) is 33.6. The van der Waals surface area contributed by atoms with Gasteiger partial charge in [0.25, 0.3) is 5.56 Å². The van der Waals surface area contributed by atoms with Gasteiger partial charge in [-0.15, -0.1) is 14.5 Å². The van der Waals surface area contributed by atoms with Crippen molar-refractivity contribution in [3.8, 4) is 11.5 Å². The van der Waals surface area contributed by atoms with E-state index in [9.17, 15) is 14.3 Å². The number of rotatable bonds is 16. The van der Waals surface area contributed by atoms with Crippen molar-refractivity contribution in [2.24, 2.45) is 4.99 Å². The second-order valence-electron chi connectivity index (χ2n) is 13.0. The van der Waals surface area contributed by atoms with Gasteiger partial charge >= 0.3 is 8.25 Å². The highest BCUT2D eigenvalue weighted by Gasteiger charge is 2.46. The van der Waals surface area contributed by atoms with E-state index in [1.807, 2.05) is 78.9 Å². The van der Waals surface area contributed by atoms with Gasteiger partial charge in [-0.05, 0) is 60.6 Å². The van der Waals surface area contributed by atoms with Crippen molar-refractivity contribution in [2.75, 3.05) is 54.6 Å². The van der Waals surface area contributed by atoms with Crippen LogP contribution in [0, 0.1) is 0 Å². The number of aliphatic imine (C=N–C) groups is 1. The Kier molecular flexibility index (Phi) is 14.8. The minimum absolute atomic E-state index is 0.0140. The van der Waals surface area contributed by atoms with Crippen LogP contribution < -0.4 is 15.0 Å². The lowest BCUT2D eigenvalue weighted by molar-refractivity contribution is -0.0926. The molecule has 4 atom stereocenters. The number of aromatic nitrogens is 5. The quantitative estimate of drug-likeness (QED) is 0.0560. The van der Waals surface area contributed by atoms with Crippen LogP contribution in [0.4, 0.5) is 5.95 Å². The molecule has 56 heavy (non-hydrogen) atoms. The van der Waals surface area contributed by atoms with Crippen molar-refractivity contribution < 1.29 is 32.9 Å². The average molecular weight is 790 g/mol. The van der Waals surface area contributed by atoms with Crippen LogP contribution in [-0.2, 0) is 24.2 Å². The van der Waals surface area contributed by atoms with E-state index < -0.39 is 37.9 Å². The summed E-state index contributed by atoms with van der Waals surface area (Å²) in [4.78, 5) is 37.8. The number of nitrogens with zero attached hydrogens (tertiary/aromatic N) is 7. The summed E-state index contributed by atoms with van der Waals surface area (Å²) >= 11 is 0. The number of ether oxygens (including phenoxy) is 4. The van der Waals surface area contributed by atoms with Gasteiger partial charge in [0.05, 0.1) is 27.2 Å². The number of methoxy groups -OCH3 is 2. The molecule has 16 nitrogen and oxygen atoms in total. The molecule has 0 spiro atoms. The SMILES string of the molecule is CCN(CC)CC.COc1ccc(C(OC[C@H]2O[C@@H](n3nnc4c(=O)[nH]c(/N=C/N(C)C)nc43)C[C@@H]2O[P+](=O)O)(c2ccccc2)c2ccc(OC)cc2)cc1. The monoisotopic (exact) mass is 789 g/mol. The molecule has 0 radical (unpaired) electrons. The van der Waals surface area contributed by atoms with Crippen LogP contribution in [0.1, 0.15) is 50.1 Å². The van der Waals surface area contributed by atoms with Gasteiger partial charge in [-0.2, -0.15) is 9.67 Å². The summed E-state index contributed by atoms with van der Waals surface area (Å²) in [6.45, 7) is 10.0. The molecule has 3 heterocycles. The minimum atomic E-state index is -3.01. The van der Waals surface area contributed by atoms with Gasteiger partial charge in [0.15, 0.2) is 17.4 Å². The van der Waals surface area contributed by atoms with Gasteiger partial charge in [0.2, 0.25) is 5.95 Å². The molecule has 298 valence electrons. The fraction of sp³-hybridized carbons (Fsp3) is 0.410. The smallest absolute Gasteiger partial charge is 0.497 e. The highest BCUT2D eigenvalue weighted by atomic mass is 31.1. The van der Waals surface area contributed by atoms with E-state index in [2.05, 4.69) is 50.9 Å². The first-order chi connectivity index (χ1) is 27.1. The molecule has 0 aliphatic carbocycles. The zero-order valence-electron chi connectivity index (χ0n) is 32.7. The van der Waals surface area contributed by atoms with E-state index in [1.54, 1.807) is 33.2 Å². The summed E-state index contributed by atoms with van der Waals surface area (Å²) in [5.74, 6) is 1.39. The third-order valence-electron chi connectivity index (χ3n) is 9.39. The maximum absolute atomic E-state index is 12.8. The van der Waals surface area contributed by atoms with Crippen LogP contribution in [-0.4, -0.2) is 113 Å². The van der Waals surface area contributed by atoms with Crippen LogP contribution >= 0.6 is 8.25 Å². The van der Waals surface area contributed by atoms with E-state index in [4.69, 9.17) is 23.5 Å². The lowest BCUT2D eigenvalue weighted by Gasteiger charge is -2.37. The molecule has 6 rings (SSSR count). The Balaban J connectivity index is 0.000000784. The van der Waals surface area contributed by atoms with Crippen molar-refractivity contribution >= 4 is 31.7 Å². The Bertz CT molecular complexity index is 2040. The Hall–Kier alpha value is -5.09. The minimum Gasteiger partial charge on any atom is -0.497 e. The molecule has 1 unspecified atom stereocenters. The van der Waals surface area contributed by atoms with Crippen LogP contribution in [0.2, 0.25) is 0 Å². The summed E-state index contributed by atoms with van der Waals surface area (Å²) in [6, 6.07) is 24.8. The molecule has 3 aromatic carbocycles. The molecule has 1 saturated heterocycles. The Morgan fingerprint density at radius 3 is 2.02 bits per heavy atom. The highest BCUT2D eigenvalue weighted by molar-refractivity contribution is 7.32. The predicted octanol–water partition coefficient (Wildman–Crippen LogP) is 5.43. The fourth-order valence-electron chi connectivity index (χ4n) is 6.43. The summed E-state index contributed by atoms with van der Waals surface area (Å²) in [6.07, 6.45) is -1.05. The lowest BCUT2D eigenvalue weighted by Crippen LogP contribution is -2.38. The van der Waals surface area contributed by atoms with Crippen molar-refractivity contribution in [1.29, 1.82) is 0 Å². The average Bonchev–Trinajstić information content (AvgIpc) is 3.83. The number of H-pyrrole nitrogens is 1. The highest BCUT2D eigenvalue weighted by Crippen LogP contribution is 2.43. The van der Waals surface area contributed by atoms with Gasteiger partial charge in [-0.3, -0.25) is 9.78 Å². The molecule has 2 N–H and O–H groups in total. The van der Waals surface area contributed by atoms with E-state index >= 15 is 0 Å². The summed E-state index contributed by atoms with van der Waals surface area (Å²) in [5.41, 5.74) is 0.813. The first-order valence-electron chi connectivity index (χ1n) is 18.3. The second kappa shape index (κ2) is 19.7. The number of hydrogen-bond acceptors (Lipinski definition) is 12. The summed E-state index contributed by atoms with van der Waals surface area (Å²) in [5, 5.41) is 8.16. The molecule has 17 heteroatoms. The van der Waals surface area contributed by atoms with Crippen molar-refractivity contribution in [1.82, 2.24) is 34.8 Å². The molecule has 0 amide bonds. The molecule has 1 aliphatic rings. The number of hydrogen-bond donors (Lipinski definition) is 2. The Morgan fingerprint density at radius 1 is 0.946 bits per heavy atom. The number of benzene rings is 3. The zero-order chi connectivity index (χ0) is 40.2. The molecule has 1 fully saturated rings. The number of aromatic amines is 1.